The molecule has 0 aromatic rings. The first-order valence-electron chi connectivity index (χ1n) is 27.7. The van der Waals surface area contributed by atoms with Crippen LogP contribution in [0, 0.1) is 0 Å². The lowest BCUT2D eigenvalue weighted by Gasteiger charge is -2.18. The Kier molecular flexibility index (Phi) is 51.9. The molecular weight excluding hydrogens is 829 g/mol. The minimum absolute atomic E-state index is 0.0980. The number of hydrogen-bond donors (Lipinski definition) is 0. The molecule has 67 heavy (non-hydrogen) atoms. The van der Waals surface area contributed by atoms with Crippen LogP contribution in [-0.4, -0.2) is 37.2 Å². The minimum atomic E-state index is -0.800. The van der Waals surface area contributed by atoms with Gasteiger partial charge < -0.3 is 14.2 Å². The lowest BCUT2D eigenvalue weighted by molar-refractivity contribution is -0.167. The van der Waals surface area contributed by atoms with Crippen LogP contribution in [-0.2, 0) is 28.6 Å². The fraction of sp³-hybridized carbons (Fsp3) is 0.689. The Morgan fingerprint density at radius 2 is 0.582 bits per heavy atom. The molecule has 0 heterocycles. The first kappa shape index (κ1) is 63.3. The molecule has 0 aliphatic heterocycles. The summed E-state index contributed by atoms with van der Waals surface area (Å²) in [5.41, 5.74) is 0. The third-order valence-corrected chi connectivity index (χ3v) is 11.5. The summed E-state index contributed by atoms with van der Waals surface area (Å²) in [5, 5.41) is 0. The summed E-state index contributed by atoms with van der Waals surface area (Å²) in [6.45, 7) is 6.43. The highest BCUT2D eigenvalue weighted by Crippen LogP contribution is 2.14. The van der Waals surface area contributed by atoms with Gasteiger partial charge in [0.25, 0.3) is 0 Å². The summed E-state index contributed by atoms with van der Waals surface area (Å²) in [5.74, 6) is -0.942. The molecule has 0 aliphatic rings. The van der Waals surface area contributed by atoms with E-state index in [1.165, 1.54) is 77.0 Å². The van der Waals surface area contributed by atoms with Crippen LogP contribution in [0.25, 0.3) is 0 Å². The highest BCUT2D eigenvalue weighted by atomic mass is 16.6. The monoisotopic (exact) mass is 931 g/mol. The van der Waals surface area contributed by atoms with Crippen LogP contribution in [0.2, 0.25) is 0 Å². The molecule has 0 aromatic heterocycles. The van der Waals surface area contributed by atoms with E-state index in [9.17, 15) is 14.4 Å². The van der Waals surface area contributed by atoms with E-state index in [-0.39, 0.29) is 31.1 Å². The van der Waals surface area contributed by atoms with Gasteiger partial charge in [-0.1, -0.05) is 208 Å². The largest absolute Gasteiger partial charge is 0.462 e. The second-order valence-electron chi connectivity index (χ2n) is 18.1. The van der Waals surface area contributed by atoms with Crippen LogP contribution >= 0.6 is 0 Å². The average molecular weight is 931 g/mol. The normalized spacial score (nSPS) is 12.8. The summed E-state index contributed by atoms with van der Waals surface area (Å²) >= 11 is 0. The van der Waals surface area contributed by atoms with Gasteiger partial charge in [-0.15, -0.1) is 0 Å². The van der Waals surface area contributed by atoms with Crippen LogP contribution in [0.5, 0.6) is 0 Å². The van der Waals surface area contributed by atoms with Crippen LogP contribution in [0.3, 0.4) is 0 Å². The Labute approximate surface area is 413 Å². The first-order chi connectivity index (χ1) is 33.0. The fourth-order valence-corrected chi connectivity index (χ4v) is 7.37. The maximum Gasteiger partial charge on any atom is 0.306 e. The van der Waals surface area contributed by atoms with Crippen molar-refractivity contribution in [2.75, 3.05) is 13.2 Å². The SMILES string of the molecule is CC/C=C\C/C=C\C/C=C\CCCCCCCC(=O)OC[C@H](COC(=O)CCCCCC/C=C\C/C=C\C/C=C\CCCCC)OC(=O)CCCCCCCCC/C=C\C/C=C\CCCCC. The molecule has 1 atom stereocenters. The maximum absolute atomic E-state index is 12.8. The van der Waals surface area contributed by atoms with Crippen molar-refractivity contribution < 1.29 is 28.6 Å². The van der Waals surface area contributed by atoms with Crippen LogP contribution in [0.4, 0.5) is 0 Å². The topological polar surface area (TPSA) is 78.9 Å². The van der Waals surface area contributed by atoms with E-state index in [4.69, 9.17) is 14.2 Å². The molecule has 0 fully saturated rings. The Balaban J connectivity index is 4.48. The van der Waals surface area contributed by atoms with E-state index in [2.05, 4.69) is 118 Å². The van der Waals surface area contributed by atoms with Gasteiger partial charge in [0.15, 0.2) is 6.10 Å². The van der Waals surface area contributed by atoms with Gasteiger partial charge in [0.2, 0.25) is 0 Å². The van der Waals surface area contributed by atoms with Crippen LogP contribution < -0.4 is 0 Å². The predicted octanol–water partition coefficient (Wildman–Crippen LogP) is 18.5. The summed E-state index contributed by atoms with van der Waals surface area (Å²) in [6.07, 6.45) is 72.4. The van der Waals surface area contributed by atoms with Crippen molar-refractivity contribution in [2.24, 2.45) is 0 Å². The zero-order chi connectivity index (χ0) is 48.6. The van der Waals surface area contributed by atoms with Gasteiger partial charge in [-0.25, -0.2) is 0 Å². The molecule has 0 spiro atoms. The Morgan fingerprint density at radius 3 is 0.910 bits per heavy atom. The zero-order valence-electron chi connectivity index (χ0n) is 43.6. The standard InChI is InChI=1S/C61H102O6/c1-4-7-10-13-16-19-22-25-28-30-33-36-39-42-45-48-51-54-60(63)66-57-58(56-65-59(62)53-50-47-44-41-38-35-32-27-24-21-18-15-12-9-6-3)67-61(64)55-52-49-46-43-40-37-34-31-29-26-23-20-17-14-11-8-5-2/h9,12,16-21,25-29,32-33,36,58H,4-8,10-11,13-15,22-24,30-31,34-35,37-57H2,1-3H3/b12-9-,19-16-,20-17-,21-18-,28-25-,29-26-,32-27-,36-33-/t58-/m1/s1. The van der Waals surface area contributed by atoms with E-state index in [1.807, 2.05) is 0 Å². The van der Waals surface area contributed by atoms with Crippen molar-refractivity contribution in [2.45, 2.75) is 258 Å². The summed E-state index contributed by atoms with van der Waals surface area (Å²) in [4.78, 5) is 38.1. The van der Waals surface area contributed by atoms with Crippen molar-refractivity contribution in [3.8, 4) is 0 Å². The molecule has 0 N–H and O–H groups in total. The number of rotatable bonds is 49. The quantitative estimate of drug-likeness (QED) is 0.0262. The molecule has 6 heteroatoms. The molecule has 0 unspecified atom stereocenters. The highest BCUT2D eigenvalue weighted by molar-refractivity contribution is 5.71. The third kappa shape index (κ3) is 53.2. The smallest absolute Gasteiger partial charge is 0.306 e. The Hall–Kier alpha value is -3.67. The fourth-order valence-electron chi connectivity index (χ4n) is 7.37. The van der Waals surface area contributed by atoms with Gasteiger partial charge >= 0.3 is 17.9 Å². The van der Waals surface area contributed by atoms with Crippen molar-refractivity contribution >= 4 is 17.9 Å². The number of esters is 3. The van der Waals surface area contributed by atoms with Gasteiger partial charge in [0.1, 0.15) is 13.2 Å². The number of hydrogen-bond acceptors (Lipinski definition) is 6. The Morgan fingerprint density at radius 1 is 0.313 bits per heavy atom. The Bertz CT molecular complexity index is 1350. The van der Waals surface area contributed by atoms with Gasteiger partial charge in [-0.2, -0.15) is 0 Å². The average Bonchev–Trinajstić information content (AvgIpc) is 3.33. The second-order valence-corrected chi connectivity index (χ2v) is 18.1. The lowest BCUT2D eigenvalue weighted by Crippen LogP contribution is -2.30. The van der Waals surface area contributed by atoms with Crippen molar-refractivity contribution in [3.63, 3.8) is 0 Å². The number of ether oxygens (including phenoxy) is 3. The summed E-state index contributed by atoms with van der Waals surface area (Å²) in [6, 6.07) is 0. The summed E-state index contributed by atoms with van der Waals surface area (Å²) in [7, 11) is 0. The molecule has 0 bridgehead atoms. The number of unbranched alkanes of at least 4 members (excludes halogenated alkanes) is 22. The zero-order valence-corrected chi connectivity index (χ0v) is 43.6. The predicted molar refractivity (Wildman–Crippen MR) is 288 cm³/mol. The van der Waals surface area contributed by atoms with E-state index >= 15 is 0 Å². The maximum atomic E-state index is 12.8. The minimum Gasteiger partial charge on any atom is -0.462 e. The number of carbonyl (C=O) groups is 3. The van der Waals surface area contributed by atoms with Gasteiger partial charge in [-0.05, 0) is 122 Å². The first-order valence-corrected chi connectivity index (χ1v) is 27.7. The third-order valence-electron chi connectivity index (χ3n) is 11.5. The van der Waals surface area contributed by atoms with Crippen molar-refractivity contribution in [3.05, 3.63) is 97.2 Å². The molecule has 0 radical (unpaired) electrons. The molecule has 0 rings (SSSR count). The number of carbonyl (C=O) groups excluding carboxylic acids is 3. The van der Waals surface area contributed by atoms with Crippen LogP contribution in [0.1, 0.15) is 252 Å². The van der Waals surface area contributed by atoms with Crippen molar-refractivity contribution in [1.82, 2.24) is 0 Å². The molecule has 6 nitrogen and oxygen atoms in total. The van der Waals surface area contributed by atoms with Gasteiger partial charge in [0.05, 0.1) is 0 Å². The highest BCUT2D eigenvalue weighted by Gasteiger charge is 2.19. The molecule has 0 saturated carbocycles. The second kappa shape index (κ2) is 54.9. The van der Waals surface area contributed by atoms with Gasteiger partial charge in [0, 0.05) is 19.3 Å². The summed E-state index contributed by atoms with van der Waals surface area (Å²) < 4.78 is 16.8. The van der Waals surface area contributed by atoms with E-state index in [0.29, 0.717) is 19.3 Å². The van der Waals surface area contributed by atoms with Crippen molar-refractivity contribution in [1.29, 1.82) is 0 Å². The van der Waals surface area contributed by atoms with Gasteiger partial charge in [-0.3, -0.25) is 14.4 Å². The molecule has 0 amide bonds. The van der Waals surface area contributed by atoms with E-state index < -0.39 is 6.10 Å². The van der Waals surface area contributed by atoms with Crippen LogP contribution in [0.15, 0.2) is 97.2 Å². The molecule has 382 valence electrons. The lowest BCUT2D eigenvalue weighted by atomic mass is 10.1. The molecule has 0 saturated heterocycles. The van der Waals surface area contributed by atoms with E-state index in [1.54, 1.807) is 0 Å². The van der Waals surface area contributed by atoms with E-state index in [0.717, 1.165) is 135 Å². The molecule has 0 aliphatic carbocycles. The molecular formula is C61H102O6. The number of allylic oxidation sites excluding steroid dienone is 16. The molecule has 0 aromatic carbocycles.